The average Bonchev–Trinajstić information content (AvgIpc) is 3.16. The number of carboxylic acid groups (broad SMARTS) is 1. The fourth-order valence-electron chi connectivity index (χ4n) is 2.57. The van der Waals surface area contributed by atoms with E-state index in [4.69, 9.17) is 9.26 Å². The van der Waals surface area contributed by atoms with Gasteiger partial charge in [-0.1, -0.05) is 17.3 Å². The van der Waals surface area contributed by atoms with Gasteiger partial charge in [0.25, 0.3) is 11.8 Å². The number of nitrogens with one attached hydrogen (secondary N) is 2. The number of aryl methyl sites for hydroxylation is 1. The van der Waals surface area contributed by atoms with Crippen molar-refractivity contribution in [2.24, 2.45) is 0 Å². The second-order valence-corrected chi connectivity index (χ2v) is 6.33. The number of anilines is 2. The van der Waals surface area contributed by atoms with Crippen molar-refractivity contribution in [2.45, 2.75) is 6.92 Å². The van der Waals surface area contributed by atoms with E-state index in [9.17, 15) is 24.3 Å². The number of hydrogen-bond acceptors (Lipinski definition) is 7. The zero-order valence-electron chi connectivity index (χ0n) is 16.2. The number of hydrogen-bond donors (Lipinski definition) is 3. The lowest BCUT2D eigenvalue weighted by Gasteiger charge is -2.09. The van der Waals surface area contributed by atoms with Crippen molar-refractivity contribution < 1.29 is 33.5 Å². The third-order valence-electron chi connectivity index (χ3n) is 4.01. The monoisotopic (exact) mass is 423 g/mol. The van der Waals surface area contributed by atoms with Crippen LogP contribution in [0.4, 0.5) is 11.5 Å². The van der Waals surface area contributed by atoms with Gasteiger partial charge in [-0.2, -0.15) is 0 Å². The molecule has 2 amide bonds. The van der Waals surface area contributed by atoms with Gasteiger partial charge in [0.1, 0.15) is 5.76 Å². The summed E-state index contributed by atoms with van der Waals surface area (Å²) >= 11 is 0. The maximum absolute atomic E-state index is 12.4. The van der Waals surface area contributed by atoms with Crippen LogP contribution in [0.5, 0.6) is 0 Å². The van der Waals surface area contributed by atoms with Gasteiger partial charge in [0.05, 0.1) is 16.7 Å². The minimum absolute atomic E-state index is 0.00630. The molecule has 0 fully saturated rings. The van der Waals surface area contributed by atoms with Crippen molar-refractivity contribution in [3.05, 3.63) is 77.0 Å². The first-order valence-electron chi connectivity index (χ1n) is 8.97. The minimum atomic E-state index is -1.22. The lowest BCUT2D eigenvalue weighted by Crippen LogP contribution is -2.21. The quantitative estimate of drug-likeness (QED) is 0.491. The maximum Gasteiger partial charge on any atom is 0.338 e. The van der Waals surface area contributed by atoms with Gasteiger partial charge in [0, 0.05) is 11.8 Å². The first-order chi connectivity index (χ1) is 14.8. The number of aromatic nitrogens is 1. The summed E-state index contributed by atoms with van der Waals surface area (Å²) in [5.74, 6) is -2.41. The van der Waals surface area contributed by atoms with Crippen LogP contribution in [0, 0.1) is 6.92 Å². The van der Waals surface area contributed by atoms with Crippen molar-refractivity contribution in [3.63, 3.8) is 0 Å². The van der Waals surface area contributed by atoms with Crippen LogP contribution in [0.15, 0.2) is 59.1 Å². The Balaban J connectivity index is 1.56. The molecule has 0 unspecified atom stereocenters. The van der Waals surface area contributed by atoms with Gasteiger partial charge in [-0.25, -0.2) is 9.59 Å². The fourth-order valence-corrected chi connectivity index (χ4v) is 2.57. The summed E-state index contributed by atoms with van der Waals surface area (Å²) in [6, 6.07) is 13.0. The normalized spacial score (nSPS) is 10.2. The summed E-state index contributed by atoms with van der Waals surface area (Å²) < 4.78 is 9.75. The Bertz CT molecular complexity index is 1140. The summed E-state index contributed by atoms with van der Waals surface area (Å²) in [7, 11) is 0. The second-order valence-electron chi connectivity index (χ2n) is 6.33. The third-order valence-corrected chi connectivity index (χ3v) is 4.01. The Kier molecular flexibility index (Phi) is 6.41. The largest absolute Gasteiger partial charge is 0.478 e. The highest BCUT2D eigenvalue weighted by Gasteiger charge is 2.16. The second kappa shape index (κ2) is 9.35. The number of benzene rings is 2. The van der Waals surface area contributed by atoms with Crippen molar-refractivity contribution in [1.29, 1.82) is 0 Å². The molecule has 1 aromatic heterocycles. The number of rotatable bonds is 7. The van der Waals surface area contributed by atoms with Gasteiger partial charge in [0.15, 0.2) is 12.4 Å². The molecule has 0 saturated heterocycles. The van der Waals surface area contributed by atoms with Crippen LogP contribution in [-0.2, 0) is 9.53 Å². The number of aromatic carboxylic acids is 1. The molecule has 3 aromatic rings. The maximum atomic E-state index is 12.4. The molecule has 0 spiro atoms. The zero-order valence-corrected chi connectivity index (χ0v) is 16.2. The van der Waals surface area contributed by atoms with Crippen LogP contribution >= 0.6 is 0 Å². The Labute approximate surface area is 175 Å². The molecule has 0 radical (unpaired) electrons. The van der Waals surface area contributed by atoms with Gasteiger partial charge in [-0.3, -0.25) is 9.59 Å². The number of carbonyl (C=O) groups is 4. The lowest BCUT2D eigenvalue weighted by atomic mass is 10.1. The van der Waals surface area contributed by atoms with Gasteiger partial charge in [0.2, 0.25) is 0 Å². The molecule has 3 rings (SSSR count). The highest BCUT2D eigenvalue weighted by molar-refractivity contribution is 6.10. The SMILES string of the molecule is Cc1cc(NC(=O)COC(=O)c2ccc(NC(=O)c3ccccc3C(=O)O)cc2)no1. The first-order valence-corrected chi connectivity index (χ1v) is 8.97. The topological polar surface area (TPSA) is 148 Å². The van der Waals surface area contributed by atoms with Gasteiger partial charge in [-0.05, 0) is 43.3 Å². The molecule has 1 heterocycles. The van der Waals surface area contributed by atoms with Crippen LogP contribution in [0.2, 0.25) is 0 Å². The standard InChI is InChI=1S/C21H17N3O7/c1-12-10-17(24-31-12)23-18(25)11-30-21(29)13-6-8-14(9-7-13)22-19(26)15-4-2-3-5-16(15)20(27)28/h2-10H,11H2,1H3,(H,22,26)(H,27,28)(H,23,24,25). The average molecular weight is 423 g/mol. The van der Waals surface area contributed by atoms with E-state index >= 15 is 0 Å². The summed E-state index contributed by atoms with van der Waals surface area (Å²) in [6.45, 7) is 1.15. The summed E-state index contributed by atoms with van der Waals surface area (Å²) in [5.41, 5.74) is 0.390. The fraction of sp³-hybridized carbons (Fsp3) is 0.0952. The molecule has 0 bridgehead atoms. The molecule has 10 heteroatoms. The van der Waals surface area contributed by atoms with E-state index in [1.807, 2.05) is 0 Å². The van der Waals surface area contributed by atoms with Crippen molar-refractivity contribution >= 4 is 35.3 Å². The van der Waals surface area contributed by atoms with Crippen LogP contribution in [0.1, 0.15) is 36.8 Å². The van der Waals surface area contributed by atoms with E-state index < -0.39 is 30.4 Å². The van der Waals surface area contributed by atoms with Gasteiger partial charge in [-0.15, -0.1) is 0 Å². The first kappa shape index (κ1) is 21.2. The van der Waals surface area contributed by atoms with Gasteiger partial charge >= 0.3 is 11.9 Å². The molecule has 158 valence electrons. The number of ether oxygens (including phenoxy) is 1. The number of esters is 1. The van der Waals surface area contributed by atoms with Crippen LogP contribution in [-0.4, -0.2) is 40.6 Å². The molecule has 0 atom stereocenters. The Morgan fingerprint density at radius 3 is 2.29 bits per heavy atom. The summed E-state index contributed by atoms with van der Waals surface area (Å²) in [4.78, 5) is 47.5. The molecule has 0 saturated carbocycles. The molecule has 0 aliphatic carbocycles. The molecular formula is C21H17N3O7. The predicted molar refractivity (Wildman–Crippen MR) is 108 cm³/mol. The smallest absolute Gasteiger partial charge is 0.338 e. The van der Waals surface area contributed by atoms with E-state index in [0.717, 1.165) is 0 Å². The predicted octanol–water partition coefficient (Wildman–Crippen LogP) is 2.73. The molecule has 2 aromatic carbocycles. The van der Waals surface area contributed by atoms with Crippen LogP contribution < -0.4 is 10.6 Å². The van der Waals surface area contributed by atoms with Crippen molar-refractivity contribution in [1.82, 2.24) is 5.16 Å². The Hall–Kier alpha value is -4.47. The minimum Gasteiger partial charge on any atom is -0.478 e. The Morgan fingerprint density at radius 1 is 1.00 bits per heavy atom. The summed E-state index contributed by atoms with van der Waals surface area (Å²) in [5, 5.41) is 17.8. The van der Waals surface area contributed by atoms with Crippen molar-refractivity contribution in [2.75, 3.05) is 17.2 Å². The molecular weight excluding hydrogens is 406 g/mol. The highest BCUT2D eigenvalue weighted by atomic mass is 16.5. The number of nitrogens with zero attached hydrogens (tertiary/aromatic N) is 1. The molecule has 0 aliphatic heterocycles. The van der Waals surface area contributed by atoms with E-state index in [2.05, 4.69) is 15.8 Å². The highest BCUT2D eigenvalue weighted by Crippen LogP contribution is 2.15. The van der Waals surface area contributed by atoms with Crippen LogP contribution in [0.25, 0.3) is 0 Å². The number of amides is 2. The third kappa shape index (κ3) is 5.54. The molecule has 10 nitrogen and oxygen atoms in total. The van der Waals surface area contributed by atoms with E-state index in [1.54, 1.807) is 13.0 Å². The van der Waals surface area contributed by atoms with Crippen LogP contribution in [0.3, 0.4) is 0 Å². The van der Waals surface area contributed by atoms with Crippen molar-refractivity contribution in [3.8, 4) is 0 Å². The van der Waals surface area contributed by atoms with E-state index in [0.29, 0.717) is 11.4 Å². The lowest BCUT2D eigenvalue weighted by molar-refractivity contribution is -0.119. The van der Waals surface area contributed by atoms with Gasteiger partial charge < -0.3 is 25.0 Å². The molecule has 31 heavy (non-hydrogen) atoms. The van der Waals surface area contributed by atoms with E-state index in [-0.39, 0.29) is 22.5 Å². The number of carboxylic acids is 1. The molecule has 3 N–H and O–H groups in total. The Morgan fingerprint density at radius 2 is 1.68 bits per heavy atom. The number of carbonyl (C=O) groups excluding carboxylic acids is 3. The molecule has 0 aliphatic rings. The van der Waals surface area contributed by atoms with E-state index in [1.165, 1.54) is 48.5 Å². The summed E-state index contributed by atoms with van der Waals surface area (Å²) in [6.07, 6.45) is 0. The zero-order chi connectivity index (χ0) is 22.4.